The van der Waals surface area contributed by atoms with Gasteiger partial charge in [0, 0.05) is 12.1 Å². The molecule has 0 unspecified atom stereocenters. The fourth-order valence-corrected chi connectivity index (χ4v) is 3.92. The molecule has 0 saturated carbocycles. The molecule has 25 heavy (non-hydrogen) atoms. The minimum atomic E-state index is -0.777. The molecule has 1 spiro atoms. The second kappa shape index (κ2) is 5.84. The topological polar surface area (TPSA) is 66.5 Å². The van der Waals surface area contributed by atoms with Gasteiger partial charge in [-0.05, 0) is 36.1 Å². The summed E-state index contributed by atoms with van der Waals surface area (Å²) in [4.78, 5) is 38.8. The molecule has 2 aromatic carbocycles. The summed E-state index contributed by atoms with van der Waals surface area (Å²) in [7, 11) is 0. The molecular weight excluding hydrogens is 316 g/mol. The second-order valence-electron chi connectivity index (χ2n) is 6.62. The van der Waals surface area contributed by atoms with Crippen LogP contribution in [0, 0.1) is 0 Å². The highest BCUT2D eigenvalue weighted by Crippen LogP contribution is 2.46. The molecule has 5 heteroatoms. The molecule has 1 aliphatic carbocycles. The smallest absolute Gasteiger partial charge is 0.244 e. The number of imide groups is 1. The third-order valence-corrected chi connectivity index (χ3v) is 5.12. The number of benzene rings is 2. The van der Waals surface area contributed by atoms with Crippen molar-refractivity contribution in [1.82, 2.24) is 4.90 Å². The number of para-hydroxylation sites is 1. The van der Waals surface area contributed by atoms with Crippen molar-refractivity contribution >= 4 is 23.4 Å². The number of rotatable bonds is 3. The third-order valence-electron chi connectivity index (χ3n) is 5.12. The van der Waals surface area contributed by atoms with Crippen molar-refractivity contribution in [2.45, 2.75) is 24.7 Å². The third kappa shape index (κ3) is 2.52. The average molecular weight is 334 g/mol. The van der Waals surface area contributed by atoms with Crippen LogP contribution in [0.3, 0.4) is 0 Å². The molecule has 1 N–H and O–H groups in total. The lowest BCUT2D eigenvalue weighted by Gasteiger charge is -2.22. The Morgan fingerprint density at radius 2 is 1.76 bits per heavy atom. The lowest BCUT2D eigenvalue weighted by Crippen LogP contribution is -2.41. The number of hydrogen-bond acceptors (Lipinski definition) is 3. The van der Waals surface area contributed by atoms with E-state index in [-0.39, 0.29) is 30.7 Å². The summed E-state index contributed by atoms with van der Waals surface area (Å²) >= 11 is 0. The SMILES string of the molecule is O=C(CN1C(=O)C[C@]2(CCc3ccccc32)C1=O)Nc1ccccc1. The van der Waals surface area contributed by atoms with Gasteiger partial charge >= 0.3 is 0 Å². The number of anilines is 1. The number of fused-ring (bicyclic) bond motifs is 2. The first kappa shape index (κ1) is 15.6. The number of aryl methyl sites for hydroxylation is 1. The highest BCUT2D eigenvalue weighted by molar-refractivity contribution is 6.12. The first-order valence-electron chi connectivity index (χ1n) is 8.38. The monoisotopic (exact) mass is 334 g/mol. The summed E-state index contributed by atoms with van der Waals surface area (Å²) in [5.74, 6) is -0.883. The molecule has 1 heterocycles. The van der Waals surface area contributed by atoms with Gasteiger partial charge in [-0.15, -0.1) is 0 Å². The maximum absolute atomic E-state index is 13.0. The number of likely N-dealkylation sites (tertiary alicyclic amines) is 1. The van der Waals surface area contributed by atoms with E-state index in [0.717, 1.165) is 22.4 Å². The Balaban J connectivity index is 1.54. The Morgan fingerprint density at radius 3 is 2.56 bits per heavy atom. The van der Waals surface area contributed by atoms with E-state index in [0.29, 0.717) is 12.1 Å². The van der Waals surface area contributed by atoms with E-state index < -0.39 is 5.41 Å². The Hall–Kier alpha value is -2.95. The minimum absolute atomic E-state index is 0.154. The summed E-state index contributed by atoms with van der Waals surface area (Å²) in [5, 5.41) is 2.72. The van der Waals surface area contributed by atoms with E-state index in [1.54, 1.807) is 12.1 Å². The fraction of sp³-hybridized carbons (Fsp3) is 0.250. The van der Waals surface area contributed by atoms with Crippen LogP contribution in [0.2, 0.25) is 0 Å². The lowest BCUT2D eigenvalue weighted by molar-refractivity contribution is -0.142. The van der Waals surface area contributed by atoms with Crippen molar-refractivity contribution in [1.29, 1.82) is 0 Å². The molecule has 3 amide bonds. The maximum Gasteiger partial charge on any atom is 0.244 e. The highest BCUT2D eigenvalue weighted by atomic mass is 16.2. The Bertz CT molecular complexity index is 862. The van der Waals surface area contributed by atoms with Gasteiger partial charge in [0.15, 0.2) is 0 Å². The minimum Gasteiger partial charge on any atom is -0.325 e. The van der Waals surface area contributed by atoms with Crippen LogP contribution in [0.15, 0.2) is 54.6 Å². The summed E-state index contributed by atoms with van der Waals surface area (Å²) in [6, 6.07) is 16.8. The number of nitrogens with zero attached hydrogens (tertiary/aromatic N) is 1. The predicted octanol–water partition coefficient (Wildman–Crippen LogP) is 2.27. The summed E-state index contributed by atoms with van der Waals surface area (Å²) in [5.41, 5.74) is 1.94. The molecule has 2 aliphatic rings. The first-order valence-corrected chi connectivity index (χ1v) is 8.38. The van der Waals surface area contributed by atoms with E-state index in [1.165, 1.54) is 0 Å². The molecular formula is C20H18N2O3. The Labute approximate surface area is 145 Å². The number of carbonyl (C=O) groups is 3. The van der Waals surface area contributed by atoms with Crippen molar-refractivity contribution in [3.63, 3.8) is 0 Å². The Kier molecular flexibility index (Phi) is 3.64. The van der Waals surface area contributed by atoms with E-state index in [2.05, 4.69) is 5.32 Å². The molecule has 126 valence electrons. The second-order valence-corrected chi connectivity index (χ2v) is 6.62. The molecule has 1 atom stereocenters. The van der Waals surface area contributed by atoms with Gasteiger partial charge in [-0.1, -0.05) is 42.5 Å². The van der Waals surface area contributed by atoms with Gasteiger partial charge in [0.1, 0.15) is 6.54 Å². The number of nitrogens with one attached hydrogen (secondary N) is 1. The van der Waals surface area contributed by atoms with E-state index in [9.17, 15) is 14.4 Å². The van der Waals surface area contributed by atoms with Crippen LogP contribution < -0.4 is 5.32 Å². The lowest BCUT2D eigenvalue weighted by atomic mass is 9.80. The van der Waals surface area contributed by atoms with Crippen molar-refractivity contribution in [3.05, 3.63) is 65.7 Å². The zero-order valence-electron chi connectivity index (χ0n) is 13.7. The van der Waals surface area contributed by atoms with Gasteiger partial charge in [0.2, 0.25) is 17.7 Å². The zero-order chi connectivity index (χ0) is 17.4. The van der Waals surface area contributed by atoms with Gasteiger partial charge in [-0.3, -0.25) is 19.3 Å². The molecule has 0 radical (unpaired) electrons. The normalized spacial score (nSPS) is 21.7. The van der Waals surface area contributed by atoms with Crippen LogP contribution in [0.1, 0.15) is 24.0 Å². The number of carbonyl (C=O) groups excluding carboxylic acids is 3. The summed E-state index contributed by atoms with van der Waals surface area (Å²) < 4.78 is 0. The number of hydrogen-bond donors (Lipinski definition) is 1. The van der Waals surface area contributed by atoms with Gasteiger partial charge in [-0.2, -0.15) is 0 Å². The van der Waals surface area contributed by atoms with Crippen molar-refractivity contribution in [2.75, 3.05) is 11.9 Å². The molecule has 5 nitrogen and oxygen atoms in total. The van der Waals surface area contributed by atoms with Crippen LogP contribution in [-0.4, -0.2) is 29.2 Å². The van der Waals surface area contributed by atoms with Crippen molar-refractivity contribution in [2.24, 2.45) is 0 Å². The molecule has 0 aromatic heterocycles. The maximum atomic E-state index is 13.0. The largest absolute Gasteiger partial charge is 0.325 e. The van der Waals surface area contributed by atoms with Gasteiger partial charge in [-0.25, -0.2) is 0 Å². The van der Waals surface area contributed by atoms with Crippen LogP contribution in [-0.2, 0) is 26.2 Å². The van der Waals surface area contributed by atoms with E-state index >= 15 is 0 Å². The van der Waals surface area contributed by atoms with Crippen LogP contribution in [0.4, 0.5) is 5.69 Å². The standard InChI is InChI=1S/C20H18N2O3/c23-17(21-15-7-2-1-3-8-15)13-22-18(24)12-20(19(22)25)11-10-14-6-4-5-9-16(14)20/h1-9H,10-13H2,(H,21,23)/t20-/m0/s1. The van der Waals surface area contributed by atoms with E-state index in [1.807, 2.05) is 42.5 Å². The first-order chi connectivity index (χ1) is 12.1. The van der Waals surface area contributed by atoms with Crippen LogP contribution in [0.5, 0.6) is 0 Å². The van der Waals surface area contributed by atoms with Crippen molar-refractivity contribution < 1.29 is 14.4 Å². The fourth-order valence-electron chi connectivity index (χ4n) is 3.92. The summed E-state index contributed by atoms with van der Waals surface area (Å²) in [6.45, 7) is -0.240. The molecule has 1 aliphatic heterocycles. The van der Waals surface area contributed by atoms with Gasteiger partial charge in [0.25, 0.3) is 0 Å². The summed E-state index contributed by atoms with van der Waals surface area (Å²) in [6.07, 6.45) is 1.58. The van der Waals surface area contributed by atoms with Gasteiger partial charge < -0.3 is 5.32 Å². The average Bonchev–Trinajstić information content (AvgIpc) is 3.10. The Morgan fingerprint density at radius 1 is 1.04 bits per heavy atom. The molecule has 1 saturated heterocycles. The van der Waals surface area contributed by atoms with Crippen LogP contribution in [0.25, 0.3) is 0 Å². The predicted molar refractivity (Wildman–Crippen MR) is 92.8 cm³/mol. The number of amides is 3. The molecule has 2 aromatic rings. The van der Waals surface area contributed by atoms with E-state index in [4.69, 9.17) is 0 Å². The van der Waals surface area contributed by atoms with Crippen LogP contribution >= 0.6 is 0 Å². The van der Waals surface area contributed by atoms with Crippen molar-refractivity contribution in [3.8, 4) is 0 Å². The van der Waals surface area contributed by atoms with Gasteiger partial charge in [0.05, 0.1) is 5.41 Å². The molecule has 4 rings (SSSR count). The quantitative estimate of drug-likeness (QED) is 0.876. The zero-order valence-corrected chi connectivity index (χ0v) is 13.7. The molecule has 1 fully saturated rings. The highest BCUT2D eigenvalue weighted by Gasteiger charge is 2.55. The molecule has 0 bridgehead atoms.